The molecule has 0 radical (unpaired) electrons. The summed E-state index contributed by atoms with van der Waals surface area (Å²) in [5.74, 6) is 0.747. The summed E-state index contributed by atoms with van der Waals surface area (Å²) in [6, 6.07) is 6.08. The van der Waals surface area contributed by atoms with E-state index in [1.165, 1.54) is 11.6 Å². The zero-order valence-corrected chi connectivity index (χ0v) is 18.9. The van der Waals surface area contributed by atoms with Crippen molar-refractivity contribution in [2.24, 2.45) is 0 Å². The highest BCUT2D eigenvalue weighted by atomic mass is 35.5. The van der Waals surface area contributed by atoms with Gasteiger partial charge < -0.3 is 30.1 Å². The average molecular weight is 485 g/mol. The highest BCUT2D eigenvalue weighted by Crippen LogP contribution is 2.38. The lowest BCUT2D eigenvalue weighted by atomic mass is 9.96. The predicted molar refractivity (Wildman–Crippen MR) is 116 cm³/mol. The molecule has 1 aliphatic heterocycles. The summed E-state index contributed by atoms with van der Waals surface area (Å²) in [4.78, 5) is 11.8. The van der Waals surface area contributed by atoms with Crippen LogP contribution in [0.15, 0.2) is 24.3 Å². The first kappa shape index (κ1) is 23.1. The van der Waals surface area contributed by atoms with Crippen molar-refractivity contribution in [3.05, 3.63) is 39.9 Å². The molecule has 4 N–H and O–H groups in total. The zero-order valence-electron chi connectivity index (χ0n) is 17.3. The van der Waals surface area contributed by atoms with Gasteiger partial charge in [0.1, 0.15) is 36.7 Å². The van der Waals surface area contributed by atoms with Crippen LogP contribution in [0, 0.1) is 4.77 Å². The topological polar surface area (TPSA) is 131 Å². The van der Waals surface area contributed by atoms with Crippen LogP contribution < -0.4 is 10.1 Å². The number of nitrogens with zero attached hydrogens (tertiary/aromatic N) is 3. The number of carbonyl (C=O) groups excluding carboxylic acids is 1. The van der Waals surface area contributed by atoms with Gasteiger partial charge in [-0.1, -0.05) is 11.6 Å². The molecule has 1 aliphatic carbocycles. The van der Waals surface area contributed by atoms with E-state index in [2.05, 4.69) is 10.4 Å². The number of carbonyl (C=O) groups is 1. The van der Waals surface area contributed by atoms with Crippen molar-refractivity contribution < 1.29 is 29.6 Å². The molecule has 1 saturated heterocycles. The Kier molecular flexibility index (Phi) is 6.84. The Morgan fingerprint density at radius 1 is 1.31 bits per heavy atom. The molecule has 1 amide bonds. The Balaban J connectivity index is 1.66. The monoisotopic (exact) mass is 484 g/mol. The number of ether oxygens (including phenoxy) is 2. The van der Waals surface area contributed by atoms with E-state index in [0.29, 0.717) is 21.4 Å². The molecule has 10 nitrogen and oxygen atoms in total. The third kappa shape index (κ3) is 4.68. The van der Waals surface area contributed by atoms with E-state index in [-0.39, 0.29) is 12.6 Å². The number of aliphatic hydroxyl groups excluding tert-OH is 3. The summed E-state index contributed by atoms with van der Waals surface area (Å²) in [6.07, 6.45) is -3.00. The van der Waals surface area contributed by atoms with Crippen LogP contribution in [0.5, 0.6) is 5.75 Å². The Bertz CT molecular complexity index is 1020. The van der Waals surface area contributed by atoms with Gasteiger partial charge in [-0.25, -0.2) is 4.68 Å². The Hall–Kier alpha value is -2.02. The van der Waals surface area contributed by atoms with Crippen LogP contribution >= 0.6 is 23.8 Å². The molecule has 0 unspecified atom stereocenters. The van der Waals surface area contributed by atoms with E-state index in [1.54, 1.807) is 24.3 Å². The third-order valence-corrected chi connectivity index (χ3v) is 6.14. The van der Waals surface area contributed by atoms with Crippen LogP contribution in [-0.4, -0.2) is 66.5 Å². The number of nitrogens with one attached hydrogen (secondary N) is 1. The molecule has 2 heterocycles. The predicted octanol–water partition coefficient (Wildman–Crippen LogP) is 1.10. The average Bonchev–Trinajstić information content (AvgIpc) is 3.54. The molecular weight excluding hydrogens is 460 g/mol. The van der Waals surface area contributed by atoms with Gasteiger partial charge in [0.15, 0.2) is 12.1 Å². The quantitative estimate of drug-likeness (QED) is 0.430. The fourth-order valence-corrected chi connectivity index (χ4v) is 4.30. The van der Waals surface area contributed by atoms with Crippen molar-refractivity contribution in [1.29, 1.82) is 0 Å². The summed E-state index contributed by atoms with van der Waals surface area (Å²) in [7, 11) is 0. The van der Waals surface area contributed by atoms with E-state index >= 15 is 0 Å². The number of aromatic nitrogens is 3. The molecule has 0 spiro atoms. The molecule has 2 aromatic rings. The molecule has 12 heteroatoms. The van der Waals surface area contributed by atoms with Crippen molar-refractivity contribution in [2.75, 3.05) is 6.61 Å². The van der Waals surface area contributed by atoms with Gasteiger partial charge in [-0.3, -0.25) is 9.36 Å². The maximum atomic E-state index is 11.8. The molecule has 2 fully saturated rings. The lowest BCUT2D eigenvalue weighted by Crippen LogP contribution is -2.62. The van der Waals surface area contributed by atoms with Crippen LogP contribution in [0.25, 0.3) is 0 Å². The zero-order chi connectivity index (χ0) is 23.0. The van der Waals surface area contributed by atoms with Gasteiger partial charge in [0.25, 0.3) is 0 Å². The first-order chi connectivity index (χ1) is 15.3. The second kappa shape index (κ2) is 9.46. The molecule has 0 bridgehead atoms. The standard InChI is InChI=1S/C20H25ClN4O6S/c1-10(27)22-16-18(29)17(28)14(8-26)31-19(16)25-20(32)24(12-4-5-12)15(23-25)9-30-13-6-2-11(21)3-7-13/h2-3,6-7,12,14,16-19,26,28-29H,4-5,8-9H2,1H3,(H,22,27)/t14-,16+,17+,18-,19-/m0/s1. The summed E-state index contributed by atoms with van der Waals surface area (Å²) < 4.78 is 15.3. The fourth-order valence-electron chi connectivity index (χ4n) is 3.78. The van der Waals surface area contributed by atoms with E-state index in [0.717, 1.165) is 12.8 Å². The SMILES string of the molecule is CC(=O)N[C@@H]1[C@H](O)[C@H](O)[C@H](CO)O[C@@H]1n1nc(COc2ccc(Cl)cc2)n(C2CC2)c1=S. The van der Waals surface area contributed by atoms with Crippen LogP contribution in [0.2, 0.25) is 5.02 Å². The van der Waals surface area contributed by atoms with Gasteiger partial charge in [0, 0.05) is 18.0 Å². The molecule has 5 atom stereocenters. The summed E-state index contributed by atoms with van der Waals surface area (Å²) in [6.45, 7) is 0.896. The van der Waals surface area contributed by atoms with Crippen molar-refractivity contribution >= 4 is 29.7 Å². The maximum Gasteiger partial charge on any atom is 0.217 e. The number of amides is 1. The summed E-state index contributed by atoms with van der Waals surface area (Å²) in [5.41, 5.74) is 0. The number of hydrogen-bond acceptors (Lipinski definition) is 8. The number of rotatable bonds is 7. The third-order valence-electron chi connectivity index (χ3n) is 5.51. The molecular formula is C20H25ClN4O6S. The molecule has 4 rings (SSSR count). The second-order valence-corrected chi connectivity index (χ2v) is 8.74. The largest absolute Gasteiger partial charge is 0.486 e. The minimum absolute atomic E-state index is 0.126. The Labute approximate surface area is 194 Å². The first-order valence-corrected chi connectivity index (χ1v) is 11.1. The molecule has 1 aromatic carbocycles. The highest BCUT2D eigenvalue weighted by molar-refractivity contribution is 7.71. The van der Waals surface area contributed by atoms with Crippen LogP contribution in [0.4, 0.5) is 0 Å². The van der Waals surface area contributed by atoms with Gasteiger partial charge in [-0.05, 0) is 49.3 Å². The van der Waals surface area contributed by atoms with Crippen molar-refractivity contribution in [3.8, 4) is 5.75 Å². The van der Waals surface area contributed by atoms with Crippen LogP contribution in [-0.2, 0) is 16.1 Å². The highest BCUT2D eigenvalue weighted by Gasteiger charge is 2.47. The molecule has 1 aromatic heterocycles. The van der Waals surface area contributed by atoms with Gasteiger partial charge in [0.05, 0.1) is 6.61 Å². The number of aliphatic hydroxyl groups is 3. The normalized spacial score (nSPS) is 27.8. The molecule has 32 heavy (non-hydrogen) atoms. The van der Waals surface area contributed by atoms with Gasteiger partial charge in [0.2, 0.25) is 10.7 Å². The smallest absolute Gasteiger partial charge is 0.217 e. The Morgan fingerprint density at radius 2 is 2.00 bits per heavy atom. The minimum atomic E-state index is -1.39. The molecule has 1 saturated carbocycles. The van der Waals surface area contributed by atoms with E-state index in [4.69, 9.17) is 33.3 Å². The molecule has 2 aliphatic rings. The first-order valence-electron chi connectivity index (χ1n) is 10.3. The van der Waals surface area contributed by atoms with Crippen molar-refractivity contribution in [2.45, 2.75) is 63.0 Å². The lowest BCUT2D eigenvalue weighted by Gasteiger charge is -2.42. The number of halogens is 1. The van der Waals surface area contributed by atoms with E-state index in [1.807, 2.05) is 4.57 Å². The minimum Gasteiger partial charge on any atom is -0.486 e. The van der Waals surface area contributed by atoms with Gasteiger partial charge >= 0.3 is 0 Å². The van der Waals surface area contributed by atoms with Crippen LogP contribution in [0.1, 0.15) is 37.9 Å². The van der Waals surface area contributed by atoms with E-state index in [9.17, 15) is 20.1 Å². The van der Waals surface area contributed by atoms with E-state index < -0.39 is 43.1 Å². The van der Waals surface area contributed by atoms with Crippen molar-refractivity contribution in [1.82, 2.24) is 19.7 Å². The van der Waals surface area contributed by atoms with Crippen LogP contribution in [0.3, 0.4) is 0 Å². The lowest BCUT2D eigenvalue weighted by molar-refractivity contribution is -0.219. The van der Waals surface area contributed by atoms with Gasteiger partial charge in [-0.15, -0.1) is 0 Å². The second-order valence-electron chi connectivity index (χ2n) is 7.94. The van der Waals surface area contributed by atoms with Gasteiger partial charge in [-0.2, -0.15) is 5.10 Å². The summed E-state index contributed by atoms with van der Waals surface area (Å²) >= 11 is 11.6. The fraction of sp³-hybridized carbons (Fsp3) is 0.550. The molecule has 174 valence electrons. The number of hydrogen-bond donors (Lipinski definition) is 4. The number of benzene rings is 1. The summed E-state index contributed by atoms with van der Waals surface area (Å²) in [5, 5.41) is 38.3. The maximum absolute atomic E-state index is 11.8. The van der Waals surface area contributed by atoms with Crippen molar-refractivity contribution in [3.63, 3.8) is 0 Å². The Morgan fingerprint density at radius 3 is 2.59 bits per heavy atom.